The molecule has 3 aromatic rings. The zero-order valence-electron chi connectivity index (χ0n) is 14.4. The predicted molar refractivity (Wildman–Crippen MR) is 101 cm³/mol. The molecule has 6 nitrogen and oxygen atoms in total. The number of carbonyl (C=O) groups is 1. The second kappa shape index (κ2) is 8.71. The van der Waals surface area contributed by atoms with E-state index >= 15 is 0 Å². The van der Waals surface area contributed by atoms with Gasteiger partial charge in [-0.05, 0) is 23.9 Å². The standard InChI is InChI=1S/C18H23N5OS/c1-2-3-4-5-6-7-10-16(24)20-17-21-18-19-12-11-14(23(18)22-17)15-9-8-13-25-15/h8-9,11-13H,2-7,10H2,1H3,(H,20,22,24). The van der Waals surface area contributed by atoms with Crippen molar-refractivity contribution in [2.45, 2.75) is 51.9 Å². The fraction of sp³-hybridized carbons (Fsp3) is 0.444. The number of fused-ring (bicyclic) bond motifs is 1. The van der Waals surface area contributed by atoms with Crippen molar-refractivity contribution >= 4 is 29.0 Å². The van der Waals surface area contributed by atoms with Gasteiger partial charge in [0, 0.05) is 12.6 Å². The molecule has 0 saturated carbocycles. The van der Waals surface area contributed by atoms with Crippen LogP contribution < -0.4 is 5.32 Å². The second-order valence-corrected chi connectivity index (χ2v) is 6.97. The fourth-order valence-corrected chi connectivity index (χ4v) is 3.45. The lowest BCUT2D eigenvalue weighted by atomic mass is 10.1. The minimum absolute atomic E-state index is 0.0379. The van der Waals surface area contributed by atoms with E-state index in [0.717, 1.165) is 23.4 Å². The molecule has 3 rings (SSSR count). The van der Waals surface area contributed by atoms with Gasteiger partial charge in [0.15, 0.2) is 0 Å². The summed E-state index contributed by atoms with van der Waals surface area (Å²) in [6.45, 7) is 2.20. The van der Waals surface area contributed by atoms with Crippen molar-refractivity contribution in [2.24, 2.45) is 0 Å². The number of amides is 1. The maximum atomic E-state index is 12.1. The van der Waals surface area contributed by atoms with Gasteiger partial charge in [0.05, 0.1) is 10.6 Å². The molecule has 0 aromatic carbocycles. The van der Waals surface area contributed by atoms with Crippen LogP contribution in [0.5, 0.6) is 0 Å². The molecule has 7 heteroatoms. The third-order valence-electron chi connectivity index (χ3n) is 4.02. The smallest absolute Gasteiger partial charge is 0.254 e. The van der Waals surface area contributed by atoms with Gasteiger partial charge in [-0.3, -0.25) is 10.1 Å². The van der Waals surface area contributed by atoms with Crippen molar-refractivity contribution in [1.82, 2.24) is 19.6 Å². The highest BCUT2D eigenvalue weighted by atomic mass is 32.1. The molecule has 0 fully saturated rings. The van der Waals surface area contributed by atoms with Gasteiger partial charge < -0.3 is 0 Å². The number of hydrogen-bond acceptors (Lipinski definition) is 5. The van der Waals surface area contributed by atoms with Crippen molar-refractivity contribution < 1.29 is 4.79 Å². The van der Waals surface area contributed by atoms with E-state index < -0.39 is 0 Å². The van der Waals surface area contributed by atoms with Crippen LogP contribution in [-0.2, 0) is 4.79 Å². The summed E-state index contributed by atoms with van der Waals surface area (Å²) >= 11 is 1.63. The molecule has 132 valence electrons. The van der Waals surface area contributed by atoms with Crippen LogP contribution in [0, 0.1) is 0 Å². The van der Waals surface area contributed by atoms with Crippen LogP contribution in [0.1, 0.15) is 51.9 Å². The molecular formula is C18H23N5OS. The lowest BCUT2D eigenvalue weighted by molar-refractivity contribution is -0.116. The van der Waals surface area contributed by atoms with Crippen LogP contribution >= 0.6 is 11.3 Å². The maximum absolute atomic E-state index is 12.1. The first kappa shape index (κ1) is 17.5. The number of nitrogens with zero attached hydrogens (tertiary/aromatic N) is 4. The van der Waals surface area contributed by atoms with E-state index in [1.807, 2.05) is 23.6 Å². The van der Waals surface area contributed by atoms with Gasteiger partial charge in [-0.25, -0.2) is 4.98 Å². The first-order valence-corrected chi connectivity index (χ1v) is 9.71. The number of hydrogen-bond donors (Lipinski definition) is 1. The minimum Gasteiger partial charge on any atom is -0.293 e. The summed E-state index contributed by atoms with van der Waals surface area (Å²) in [6, 6.07) is 5.92. The Labute approximate surface area is 151 Å². The van der Waals surface area contributed by atoms with E-state index in [2.05, 4.69) is 27.3 Å². The summed E-state index contributed by atoms with van der Waals surface area (Å²) in [4.78, 5) is 21.7. The van der Waals surface area contributed by atoms with Crippen molar-refractivity contribution in [3.63, 3.8) is 0 Å². The Hall–Kier alpha value is -2.28. The third-order valence-corrected chi connectivity index (χ3v) is 4.92. The number of rotatable bonds is 9. The Morgan fingerprint density at radius 2 is 2.04 bits per heavy atom. The topological polar surface area (TPSA) is 72.2 Å². The first-order valence-electron chi connectivity index (χ1n) is 8.83. The minimum atomic E-state index is -0.0379. The molecule has 3 heterocycles. The van der Waals surface area contributed by atoms with Crippen LogP contribution in [-0.4, -0.2) is 25.5 Å². The Balaban J connectivity index is 1.59. The highest BCUT2D eigenvalue weighted by Gasteiger charge is 2.12. The number of unbranched alkanes of at least 4 members (excludes halogenated alkanes) is 5. The van der Waals surface area contributed by atoms with E-state index in [9.17, 15) is 4.79 Å². The zero-order valence-corrected chi connectivity index (χ0v) is 15.3. The molecule has 0 aliphatic heterocycles. The molecule has 1 amide bonds. The third kappa shape index (κ3) is 4.63. The van der Waals surface area contributed by atoms with Gasteiger partial charge in [0.2, 0.25) is 5.91 Å². The van der Waals surface area contributed by atoms with Crippen molar-refractivity contribution in [2.75, 3.05) is 5.32 Å². The molecule has 0 spiro atoms. The van der Waals surface area contributed by atoms with Crippen molar-refractivity contribution in [1.29, 1.82) is 0 Å². The van der Waals surface area contributed by atoms with E-state index in [1.54, 1.807) is 22.0 Å². The summed E-state index contributed by atoms with van der Waals surface area (Å²) in [5, 5.41) is 9.20. The summed E-state index contributed by atoms with van der Waals surface area (Å²) < 4.78 is 1.67. The molecule has 0 bridgehead atoms. The molecule has 0 aliphatic rings. The van der Waals surface area contributed by atoms with Crippen LogP contribution in [0.4, 0.5) is 5.95 Å². The lowest BCUT2D eigenvalue weighted by Crippen LogP contribution is -2.12. The van der Waals surface area contributed by atoms with Crippen molar-refractivity contribution in [3.8, 4) is 10.6 Å². The fourth-order valence-electron chi connectivity index (χ4n) is 2.71. The molecule has 25 heavy (non-hydrogen) atoms. The number of anilines is 1. The van der Waals surface area contributed by atoms with Crippen LogP contribution in [0.25, 0.3) is 16.3 Å². The van der Waals surface area contributed by atoms with Crippen LogP contribution in [0.15, 0.2) is 29.8 Å². The van der Waals surface area contributed by atoms with Gasteiger partial charge in [-0.15, -0.1) is 16.4 Å². The first-order chi connectivity index (χ1) is 12.3. The van der Waals surface area contributed by atoms with Gasteiger partial charge in [0.25, 0.3) is 11.7 Å². The monoisotopic (exact) mass is 357 g/mol. The Morgan fingerprint density at radius 1 is 1.20 bits per heavy atom. The molecular weight excluding hydrogens is 334 g/mol. The highest BCUT2D eigenvalue weighted by Crippen LogP contribution is 2.24. The average Bonchev–Trinajstić information content (AvgIpc) is 3.26. The number of aromatic nitrogens is 4. The predicted octanol–water partition coefficient (Wildman–Crippen LogP) is 4.54. The highest BCUT2D eigenvalue weighted by molar-refractivity contribution is 7.13. The van der Waals surface area contributed by atoms with E-state index in [1.165, 1.54) is 25.7 Å². The van der Waals surface area contributed by atoms with E-state index in [4.69, 9.17) is 0 Å². The van der Waals surface area contributed by atoms with Gasteiger partial charge in [-0.2, -0.15) is 9.50 Å². The zero-order chi connectivity index (χ0) is 17.5. The van der Waals surface area contributed by atoms with Crippen molar-refractivity contribution in [3.05, 3.63) is 29.8 Å². The van der Waals surface area contributed by atoms with E-state index in [-0.39, 0.29) is 5.91 Å². The molecule has 0 saturated heterocycles. The molecule has 0 unspecified atom stereocenters. The summed E-state index contributed by atoms with van der Waals surface area (Å²) in [5.41, 5.74) is 0.920. The maximum Gasteiger partial charge on any atom is 0.254 e. The average molecular weight is 357 g/mol. The molecule has 0 radical (unpaired) electrons. The molecule has 3 aromatic heterocycles. The SMILES string of the molecule is CCCCCCCCC(=O)Nc1nc2nccc(-c3cccs3)n2n1. The Kier molecular flexibility index (Phi) is 6.11. The summed E-state index contributed by atoms with van der Waals surface area (Å²) in [6.07, 6.45) is 9.18. The largest absolute Gasteiger partial charge is 0.293 e. The summed E-state index contributed by atoms with van der Waals surface area (Å²) in [7, 11) is 0. The quantitative estimate of drug-likeness (QED) is 0.571. The van der Waals surface area contributed by atoms with Crippen LogP contribution in [0.2, 0.25) is 0 Å². The summed E-state index contributed by atoms with van der Waals surface area (Å²) in [5.74, 6) is 0.761. The Bertz CT molecular complexity index is 812. The van der Waals surface area contributed by atoms with Gasteiger partial charge in [0.1, 0.15) is 0 Å². The number of carbonyl (C=O) groups excluding carboxylic acids is 1. The van der Waals surface area contributed by atoms with Crippen LogP contribution in [0.3, 0.4) is 0 Å². The van der Waals surface area contributed by atoms with Gasteiger partial charge >= 0.3 is 0 Å². The lowest BCUT2D eigenvalue weighted by Gasteiger charge is -2.01. The van der Waals surface area contributed by atoms with Gasteiger partial charge in [-0.1, -0.05) is 45.1 Å². The molecule has 0 atom stereocenters. The van der Waals surface area contributed by atoms with E-state index in [0.29, 0.717) is 18.1 Å². The normalized spacial score (nSPS) is 11.1. The molecule has 1 N–H and O–H groups in total. The Morgan fingerprint density at radius 3 is 2.84 bits per heavy atom. The molecule has 0 aliphatic carbocycles. The second-order valence-electron chi connectivity index (χ2n) is 6.02. The number of thiophene rings is 1. The number of nitrogens with one attached hydrogen (secondary N) is 1.